The van der Waals surface area contributed by atoms with Crippen LogP contribution in [0.5, 0.6) is 0 Å². The molecule has 2 unspecified atom stereocenters. The highest BCUT2D eigenvalue weighted by atomic mass is 16.5. The van der Waals surface area contributed by atoms with E-state index >= 15 is 0 Å². The Hall–Kier alpha value is -1.92. The lowest BCUT2D eigenvalue weighted by Crippen LogP contribution is -2.45. The Balaban J connectivity index is 3.36. The molecule has 0 bridgehead atoms. The minimum absolute atomic E-state index is 0.0169. The highest BCUT2D eigenvalue weighted by Crippen LogP contribution is 2.20. The first-order chi connectivity index (χ1) is 46.5. The number of amides is 1. The summed E-state index contributed by atoms with van der Waals surface area (Å²) in [5.41, 5.74) is 0. The number of allylic oxidation sites excluding steroid dienone is 6. The van der Waals surface area contributed by atoms with Gasteiger partial charge in [-0.25, -0.2) is 0 Å². The van der Waals surface area contributed by atoms with Gasteiger partial charge in [-0.1, -0.05) is 429 Å². The van der Waals surface area contributed by atoms with Crippen molar-refractivity contribution in [3.05, 3.63) is 36.5 Å². The van der Waals surface area contributed by atoms with Crippen molar-refractivity contribution < 1.29 is 24.5 Å². The summed E-state index contributed by atoms with van der Waals surface area (Å²) in [5.74, 6) is -0.00979. The van der Waals surface area contributed by atoms with Gasteiger partial charge in [-0.05, 0) is 83.5 Å². The summed E-state index contributed by atoms with van der Waals surface area (Å²) in [6.45, 7) is 5.01. The average molecular weight is 1320 g/mol. The minimum atomic E-state index is -0.664. The monoisotopic (exact) mass is 1320 g/mol. The molecule has 0 aliphatic rings. The van der Waals surface area contributed by atoms with E-state index in [1.54, 1.807) is 0 Å². The van der Waals surface area contributed by atoms with Gasteiger partial charge in [0.1, 0.15) is 0 Å². The Kier molecular flexibility index (Phi) is 81.8. The molecule has 0 radical (unpaired) electrons. The SMILES string of the molecule is CCCCCCCCC/C=C\CCCCCCCCCC(=O)OCCCCCCCCCCCCCCC/C=C\C/C=C\CCCCCCCCCCCCCCCCCCCC(=O)NC(CO)C(O)CCCCCCCCCCCCCCCCCCCCCCCC. The number of hydrogen-bond acceptors (Lipinski definition) is 5. The molecule has 0 aromatic heterocycles. The van der Waals surface area contributed by atoms with Crippen LogP contribution in [0.2, 0.25) is 0 Å². The highest BCUT2D eigenvalue weighted by molar-refractivity contribution is 5.76. The van der Waals surface area contributed by atoms with Gasteiger partial charge in [0.2, 0.25) is 5.91 Å². The Labute approximate surface area is 589 Å². The second-order valence-electron chi connectivity index (χ2n) is 29.9. The minimum Gasteiger partial charge on any atom is -0.466 e. The number of rotatable bonds is 82. The Morgan fingerprint density at radius 2 is 0.532 bits per heavy atom. The van der Waals surface area contributed by atoms with Crippen LogP contribution in [0.15, 0.2) is 36.5 Å². The second-order valence-corrected chi connectivity index (χ2v) is 29.9. The normalized spacial score (nSPS) is 12.6. The summed E-state index contributed by atoms with van der Waals surface area (Å²) in [7, 11) is 0. The molecular weight excluding hydrogens is 1150 g/mol. The fraction of sp³-hybridized carbons (Fsp3) is 0.909. The topological polar surface area (TPSA) is 95.9 Å². The Morgan fingerprint density at radius 3 is 0.819 bits per heavy atom. The van der Waals surface area contributed by atoms with Gasteiger partial charge in [-0.15, -0.1) is 0 Å². The van der Waals surface area contributed by atoms with Gasteiger partial charge in [0.05, 0.1) is 25.4 Å². The van der Waals surface area contributed by atoms with Crippen LogP contribution in [0.25, 0.3) is 0 Å². The van der Waals surface area contributed by atoms with Crippen LogP contribution in [0.3, 0.4) is 0 Å². The number of carbonyl (C=O) groups excluding carboxylic acids is 2. The molecule has 6 nitrogen and oxygen atoms in total. The van der Waals surface area contributed by atoms with E-state index in [0.29, 0.717) is 25.9 Å². The third-order valence-electron chi connectivity index (χ3n) is 20.4. The van der Waals surface area contributed by atoms with E-state index in [9.17, 15) is 19.8 Å². The standard InChI is InChI=1S/C88H169NO5/c1-3-5-7-9-11-13-15-17-19-21-23-24-42-45-48-52-56-60-64-68-72-76-80-86(91)85(84-90)89-87(92)81-77-73-69-65-61-57-53-49-46-43-40-38-36-34-32-30-28-26-25-27-29-31-33-35-37-39-41-44-47-51-55-59-63-67-71-75-79-83-94-88(93)82-78-74-70-66-62-58-54-50-22-20-18-16-14-12-10-8-6-4-2/h20,22,25,27,31,33,85-86,90-91H,3-19,21,23-24,26,28-30,32,34-84H2,1-2H3,(H,89,92)/b22-20-,27-25-,33-31-. The quantitative estimate of drug-likeness (QED) is 0.0320. The van der Waals surface area contributed by atoms with Crippen molar-refractivity contribution in [2.24, 2.45) is 0 Å². The third-order valence-corrected chi connectivity index (χ3v) is 20.4. The van der Waals surface area contributed by atoms with Crippen molar-refractivity contribution in [2.45, 2.75) is 501 Å². The zero-order valence-corrected chi connectivity index (χ0v) is 64.0. The van der Waals surface area contributed by atoms with Gasteiger partial charge in [0.15, 0.2) is 0 Å². The molecule has 0 spiro atoms. The van der Waals surface area contributed by atoms with E-state index in [1.165, 1.54) is 405 Å². The lowest BCUT2D eigenvalue weighted by Gasteiger charge is -2.22. The zero-order valence-electron chi connectivity index (χ0n) is 64.0. The lowest BCUT2D eigenvalue weighted by molar-refractivity contribution is -0.143. The molecule has 0 aliphatic carbocycles. The highest BCUT2D eigenvalue weighted by Gasteiger charge is 2.20. The predicted molar refractivity (Wildman–Crippen MR) is 416 cm³/mol. The molecule has 94 heavy (non-hydrogen) atoms. The molecule has 6 heteroatoms. The number of esters is 1. The summed E-state index contributed by atoms with van der Waals surface area (Å²) < 4.78 is 5.51. The zero-order chi connectivity index (χ0) is 67.7. The van der Waals surface area contributed by atoms with Gasteiger partial charge in [-0.3, -0.25) is 9.59 Å². The van der Waals surface area contributed by atoms with E-state index in [2.05, 4.69) is 55.6 Å². The number of carbonyl (C=O) groups is 2. The molecule has 1 amide bonds. The molecular formula is C88H169NO5. The summed E-state index contributed by atoms with van der Waals surface area (Å²) in [4.78, 5) is 24.7. The van der Waals surface area contributed by atoms with Crippen LogP contribution < -0.4 is 5.32 Å². The first-order valence-electron chi connectivity index (χ1n) is 43.2. The Bertz CT molecular complexity index is 1520. The largest absolute Gasteiger partial charge is 0.466 e. The number of hydrogen-bond donors (Lipinski definition) is 3. The van der Waals surface area contributed by atoms with Crippen molar-refractivity contribution in [1.29, 1.82) is 0 Å². The van der Waals surface area contributed by atoms with E-state index in [0.717, 1.165) is 51.4 Å². The van der Waals surface area contributed by atoms with Crippen LogP contribution in [0.1, 0.15) is 489 Å². The van der Waals surface area contributed by atoms with Gasteiger partial charge in [0, 0.05) is 12.8 Å². The van der Waals surface area contributed by atoms with Gasteiger partial charge < -0.3 is 20.3 Å². The maximum absolute atomic E-state index is 12.6. The van der Waals surface area contributed by atoms with Crippen molar-refractivity contribution in [1.82, 2.24) is 5.32 Å². The van der Waals surface area contributed by atoms with E-state index < -0.39 is 12.1 Å². The van der Waals surface area contributed by atoms with Crippen molar-refractivity contribution in [2.75, 3.05) is 13.2 Å². The lowest BCUT2D eigenvalue weighted by atomic mass is 10.0. The molecule has 2 atom stereocenters. The first kappa shape index (κ1) is 92.1. The van der Waals surface area contributed by atoms with Crippen molar-refractivity contribution >= 4 is 11.9 Å². The van der Waals surface area contributed by atoms with Crippen LogP contribution in [0, 0.1) is 0 Å². The van der Waals surface area contributed by atoms with Gasteiger partial charge >= 0.3 is 5.97 Å². The summed E-state index contributed by atoms with van der Waals surface area (Å²) in [6.07, 6.45) is 110. The van der Waals surface area contributed by atoms with Crippen LogP contribution in [-0.4, -0.2) is 47.4 Å². The van der Waals surface area contributed by atoms with E-state index in [4.69, 9.17) is 4.74 Å². The molecule has 556 valence electrons. The number of aliphatic hydroxyl groups is 2. The van der Waals surface area contributed by atoms with Crippen molar-refractivity contribution in [3.8, 4) is 0 Å². The maximum atomic E-state index is 12.6. The molecule has 0 rings (SSSR count). The third kappa shape index (κ3) is 79.1. The summed E-state index contributed by atoms with van der Waals surface area (Å²) >= 11 is 0. The van der Waals surface area contributed by atoms with Crippen molar-refractivity contribution in [3.63, 3.8) is 0 Å². The molecule has 3 N–H and O–H groups in total. The van der Waals surface area contributed by atoms with Gasteiger partial charge in [0.25, 0.3) is 0 Å². The van der Waals surface area contributed by atoms with E-state index in [-0.39, 0.29) is 18.5 Å². The first-order valence-corrected chi connectivity index (χ1v) is 43.2. The second kappa shape index (κ2) is 83.5. The van der Waals surface area contributed by atoms with Crippen LogP contribution in [-0.2, 0) is 14.3 Å². The number of unbranched alkanes of at least 4 members (excludes halogenated alkanes) is 65. The number of nitrogens with one attached hydrogen (secondary N) is 1. The van der Waals surface area contributed by atoms with Crippen LogP contribution in [0.4, 0.5) is 0 Å². The fourth-order valence-corrected chi connectivity index (χ4v) is 13.8. The molecule has 0 fully saturated rings. The number of aliphatic hydroxyl groups excluding tert-OH is 2. The smallest absolute Gasteiger partial charge is 0.305 e. The summed E-state index contributed by atoms with van der Waals surface area (Å²) in [6, 6.07) is -0.541. The fourth-order valence-electron chi connectivity index (χ4n) is 13.8. The molecule has 0 aromatic rings. The molecule has 0 aromatic carbocycles. The van der Waals surface area contributed by atoms with E-state index in [1.807, 2.05) is 0 Å². The van der Waals surface area contributed by atoms with Crippen LogP contribution >= 0.6 is 0 Å². The molecule has 0 saturated heterocycles. The predicted octanol–water partition coefficient (Wildman–Crippen LogP) is 28.9. The summed E-state index contributed by atoms with van der Waals surface area (Å²) in [5, 5.41) is 23.5. The Morgan fingerprint density at radius 1 is 0.298 bits per heavy atom. The molecule has 0 aliphatic heterocycles. The number of ether oxygens (including phenoxy) is 1. The maximum Gasteiger partial charge on any atom is 0.305 e. The van der Waals surface area contributed by atoms with Gasteiger partial charge in [-0.2, -0.15) is 0 Å². The molecule has 0 heterocycles. The molecule has 0 saturated carbocycles. The average Bonchev–Trinajstić information content (AvgIpc) is 3.65.